The van der Waals surface area contributed by atoms with Crippen molar-refractivity contribution in [1.29, 1.82) is 0 Å². The second-order valence-corrected chi connectivity index (χ2v) is 18.4. The van der Waals surface area contributed by atoms with E-state index >= 15 is 0 Å². The van der Waals surface area contributed by atoms with Gasteiger partial charge >= 0.3 is 0 Å². The molecular formula is C64H44N2. The maximum absolute atomic E-state index is 5.46. The monoisotopic (exact) mass is 840 g/mol. The van der Waals surface area contributed by atoms with Crippen LogP contribution in [0.15, 0.2) is 231 Å². The third kappa shape index (κ3) is 5.61. The van der Waals surface area contributed by atoms with Gasteiger partial charge in [0.15, 0.2) is 5.82 Å². The molecule has 2 heteroatoms. The van der Waals surface area contributed by atoms with Crippen molar-refractivity contribution >= 4 is 21.5 Å². The van der Waals surface area contributed by atoms with Crippen LogP contribution in [0, 0.1) is 0 Å². The lowest BCUT2D eigenvalue weighted by molar-refractivity contribution is 0.661. The van der Waals surface area contributed by atoms with Crippen molar-refractivity contribution in [2.75, 3.05) is 0 Å². The minimum atomic E-state index is -0.516. The number of fused-ring (bicyclic) bond motifs is 8. The van der Waals surface area contributed by atoms with E-state index in [-0.39, 0.29) is 5.41 Å². The van der Waals surface area contributed by atoms with E-state index in [1.807, 2.05) is 0 Å². The van der Waals surface area contributed by atoms with E-state index in [0.29, 0.717) is 5.82 Å². The molecular weight excluding hydrogens is 797 g/mol. The van der Waals surface area contributed by atoms with E-state index < -0.39 is 5.41 Å². The van der Waals surface area contributed by atoms with E-state index in [9.17, 15) is 0 Å². The number of benzene rings is 10. The Bertz CT molecular complexity index is 3680. The first-order valence-electron chi connectivity index (χ1n) is 23.0. The number of hydrogen-bond acceptors (Lipinski definition) is 2. The van der Waals surface area contributed by atoms with Crippen LogP contribution in [0.1, 0.15) is 47.2 Å². The predicted molar refractivity (Wildman–Crippen MR) is 274 cm³/mol. The van der Waals surface area contributed by atoms with Gasteiger partial charge in [-0.2, -0.15) is 0 Å². The Morgan fingerprint density at radius 2 is 0.864 bits per heavy atom. The van der Waals surface area contributed by atoms with Gasteiger partial charge in [0, 0.05) is 22.1 Å². The highest BCUT2D eigenvalue weighted by Crippen LogP contribution is 2.58. The van der Waals surface area contributed by atoms with Gasteiger partial charge in [-0.05, 0) is 113 Å². The second kappa shape index (κ2) is 14.7. The van der Waals surface area contributed by atoms with Crippen molar-refractivity contribution in [2.24, 2.45) is 0 Å². The number of rotatable bonds is 6. The molecule has 0 fully saturated rings. The van der Waals surface area contributed by atoms with Crippen LogP contribution in [0.2, 0.25) is 0 Å². The smallest absolute Gasteiger partial charge is 0.160 e. The fourth-order valence-corrected chi connectivity index (χ4v) is 11.5. The van der Waals surface area contributed by atoms with E-state index in [1.165, 1.54) is 82.9 Å². The summed E-state index contributed by atoms with van der Waals surface area (Å²) < 4.78 is 0. The van der Waals surface area contributed by atoms with E-state index in [1.54, 1.807) is 0 Å². The van der Waals surface area contributed by atoms with Crippen LogP contribution >= 0.6 is 0 Å². The van der Waals surface area contributed by atoms with E-state index in [0.717, 1.165) is 33.5 Å². The van der Waals surface area contributed by atoms with Crippen molar-refractivity contribution in [3.63, 3.8) is 0 Å². The molecule has 2 aliphatic carbocycles. The molecule has 0 amide bonds. The van der Waals surface area contributed by atoms with Crippen LogP contribution in [0.25, 0.3) is 88.8 Å². The Morgan fingerprint density at radius 3 is 1.59 bits per heavy atom. The number of hydrogen-bond donors (Lipinski definition) is 0. The lowest BCUT2D eigenvalue weighted by Crippen LogP contribution is -2.28. The van der Waals surface area contributed by atoms with Crippen LogP contribution in [0.4, 0.5) is 0 Å². The molecule has 10 aromatic carbocycles. The molecule has 0 bridgehead atoms. The number of nitrogens with zero attached hydrogens (tertiary/aromatic N) is 2. The van der Waals surface area contributed by atoms with Crippen LogP contribution in [0.5, 0.6) is 0 Å². The fraction of sp³-hybridized carbons (Fsp3) is 0.0625. The van der Waals surface area contributed by atoms with Gasteiger partial charge in [-0.15, -0.1) is 0 Å². The largest absolute Gasteiger partial charge is 0.228 e. The highest BCUT2D eigenvalue weighted by Gasteiger charge is 2.47. The molecule has 2 aliphatic rings. The molecule has 0 spiro atoms. The molecule has 310 valence electrons. The first-order chi connectivity index (χ1) is 32.5. The van der Waals surface area contributed by atoms with Crippen molar-refractivity contribution in [3.05, 3.63) is 264 Å². The SMILES string of the molecule is CC1(C)c2ccc(-c3ccc(-c4cc(-c5cccc6c5-c5ccccc5C6(c5ccccc5)c5ccccc5)nc(-c5ccccc5)n4)c4ccccc34)cc2-c2cc3ccccc3cc21. The van der Waals surface area contributed by atoms with Crippen molar-refractivity contribution in [1.82, 2.24) is 9.97 Å². The van der Waals surface area contributed by atoms with Gasteiger partial charge in [0.05, 0.1) is 16.8 Å². The first kappa shape index (κ1) is 38.3. The molecule has 0 saturated carbocycles. The lowest BCUT2D eigenvalue weighted by atomic mass is 9.67. The Balaban J connectivity index is 1.01. The molecule has 0 unspecified atom stereocenters. The van der Waals surface area contributed by atoms with Gasteiger partial charge in [0.25, 0.3) is 0 Å². The zero-order valence-electron chi connectivity index (χ0n) is 36.8. The Kier molecular flexibility index (Phi) is 8.51. The molecule has 1 aromatic heterocycles. The second-order valence-electron chi connectivity index (χ2n) is 18.4. The third-order valence-electron chi connectivity index (χ3n) is 14.6. The van der Waals surface area contributed by atoms with Crippen molar-refractivity contribution in [2.45, 2.75) is 24.7 Å². The Labute approximate surface area is 385 Å². The highest BCUT2D eigenvalue weighted by atomic mass is 14.9. The van der Waals surface area contributed by atoms with Crippen LogP contribution < -0.4 is 0 Å². The highest BCUT2D eigenvalue weighted by molar-refractivity contribution is 6.06. The fourth-order valence-electron chi connectivity index (χ4n) is 11.5. The summed E-state index contributed by atoms with van der Waals surface area (Å²) in [7, 11) is 0. The summed E-state index contributed by atoms with van der Waals surface area (Å²) in [6, 6.07) is 84.4. The summed E-state index contributed by atoms with van der Waals surface area (Å²) in [5.41, 5.74) is 19.6. The molecule has 0 saturated heterocycles. The van der Waals surface area contributed by atoms with Gasteiger partial charge in [-0.1, -0.05) is 220 Å². The molecule has 66 heavy (non-hydrogen) atoms. The summed E-state index contributed by atoms with van der Waals surface area (Å²) in [6.07, 6.45) is 0. The summed E-state index contributed by atoms with van der Waals surface area (Å²) in [5.74, 6) is 0.699. The normalized spacial score (nSPS) is 13.8. The molecule has 11 aromatic rings. The Morgan fingerprint density at radius 1 is 0.318 bits per heavy atom. The van der Waals surface area contributed by atoms with Gasteiger partial charge in [0.2, 0.25) is 0 Å². The van der Waals surface area contributed by atoms with E-state index in [2.05, 4.69) is 244 Å². The summed E-state index contributed by atoms with van der Waals surface area (Å²) in [4.78, 5) is 10.9. The lowest BCUT2D eigenvalue weighted by Gasteiger charge is -2.33. The maximum atomic E-state index is 5.46. The zero-order valence-corrected chi connectivity index (χ0v) is 36.8. The molecule has 0 atom stereocenters. The van der Waals surface area contributed by atoms with E-state index in [4.69, 9.17) is 9.97 Å². The topological polar surface area (TPSA) is 25.8 Å². The van der Waals surface area contributed by atoms with Crippen LogP contribution in [-0.4, -0.2) is 9.97 Å². The molecule has 13 rings (SSSR count). The van der Waals surface area contributed by atoms with Gasteiger partial charge in [0.1, 0.15) is 0 Å². The summed E-state index contributed by atoms with van der Waals surface area (Å²) in [6.45, 7) is 4.72. The van der Waals surface area contributed by atoms with Gasteiger partial charge in [-0.25, -0.2) is 9.97 Å². The average molecular weight is 841 g/mol. The molecule has 0 radical (unpaired) electrons. The maximum Gasteiger partial charge on any atom is 0.160 e. The average Bonchev–Trinajstić information content (AvgIpc) is 3.81. The minimum absolute atomic E-state index is 0.0914. The van der Waals surface area contributed by atoms with Gasteiger partial charge < -0.3 is 0 Å². The summed E-state index contributed by atoms with van der Waals surface area (Å²) in [5, 5.41) is 4.91. The van der Waals surface area contributed by atoms with Crippen molar-refractivity contribution in [3.8, 4) is 67.3 Å². The first-order valence-corrected chi connectivity index (χ1v) is 23.0. The standard InChI is InChI=1S/C64H44N2/c1-63(2)55-36-33-44(38-53(55)54-37-42-21-12-13-22-43(42)39-58(54)63)47-34-35-50(49-28-15-14-27-48(47)49)59-40-60(66-62(65-59)41-19-6-3-7-20-41)52-30-18-32-57-61(52)51-29-16-17-31-56(51)64(57,45-23-8-4-9-24-45)46-25-10-5-11-26-46/h3-40H,1-2H3. The van der Waals surface area contributed by atoms with Gasteiger partial charge in [-0.3, -0.25) is 0 Å². The molecule has 0 N–H and O–H groups in total. The zero-order chi connectivity index (χ0) is 44.0. The quantitative estimate of drug-likeness (QED) is 0.167. The molecule has 2 nitrogen and oxygen atoms in total. The molecule has 1 heterocycles. The van der Waals surface area contributed by atoms with Crippen LogP contribution in [-0.2, 0) is 10.8 Å². The van der Waals surface area contributed by atoms with Crippen LogP contribution in [0.3, 0.4) is 0 Å². The predicted octanol–water partition coefficient (Wildman–Crippen LogP) is 16.1. The third-order valence-corrected chi connectivity index (χ3v) is 14.6. The van der Waals surface area contributed by atoms with Crippen molar-refractivity contribution < 1.29 is 0 Å². The number of aromatic nitrogens is 2. The summed E-state index contributed by atoms with van der Waals surface area (Å²) >= 11 is 0. The minimum Gasteiger partial charge on any atom is -0.228 e. The Hall–Kier alpha value is -8.20. The molecule has 0 aliphatic heterocycles.